The van der Waals surface area contributed by atoms with Gasteiger partial charge in [0.2, 0.25) is 11.8 Å². The molecule has 0 saturated carbocycles. The fourth-order valence-electron chi connectivity index (χ4n) is 4.00. The van der Waals surface area contributed by atoms with Crippen LogP contribution in [0.2, 0.25) is 0 Å². The van der Waals surface area contributed by atoms with E-state index in [1.807, 2.05) is 0 Å². The molecule has 206 valence electrons. The molecule has 3 rings (SSSR count). The molecule has 39 heavy (non-hydrogen) atoms. The van der Waals surface area contributed by atoms with E-state index in [-0.39, 0.29) is 29.2 Å². The number of nitrogens with zero attached hydrogens (tertiary/aromatic N) is 3. The SMILES string of the molecule is CC[C@@H](C(=O)NC)N(Cc1ccc(OC)cc1)C(=O)CN(c1ccc([N+](=O)[O-])cc1)S(=O)(=O)c1ccccc1. The van der Waals surface area contributed by atoms with Gasteiger partial charge >= 0.3 is 0 Å². The molecule has 0 fully saturated rings. The molecule has 11 nitrogen and oxygen atoms in total. The van der Waals surface area contributed by atoms with Crippen LogP contribution in [0.1, 0.15) is 18.9 Å². The van der Waals surface area contributed by atoms with Gasteiger partial charge in [0.25, 0.3) is 15.7 Å². The number of nitro benzene ring substituents is 1. The third kappa shape index (κ3) is 6.90. The Morgan fingerprint density at radius 3 is 2.13 bits per heavy atom. The summed E-state index contributed by atoms with van der Waals surface area (Å²) < 4.78 is 33.5. The van der Waals surface area contributed by atoms with E-state index >= 15 is 0 Å². The molecule has 0 saturated heterocycles. The minimum atomic E-state index is -4.26. The van der Waals surface area contributed by atoms with Gasteiger partial charge in [-0.15, -0.1) is 0 Å². The average Bonchev–Trinajstić information content (AvgIpc) is 2.96. The van der Waals surface area contributed by atoms with E-state index in [0.717, 1.165) is 4.31 Å². The van der Waals surface area contributed by atoms with Gasteiger partial charge in [0.05, 0.1) is 22.6 Å². The van der Waals surface area contributed by atoms with Crippen LogP contribution in [-0.4, -0.2) is 56.8 Å². The van der Waals surface area contributed by atoms with Crippen molar-refractivity contribution in [2.24, 2.45) is 0 Å². The number of ether oxygens (including phenoxy) is 1. The van der Waals surface area contributed by atoms with Crippen LogP contribution >= 0.6 is 0 Å². The molecule has 3 aromatic rings. The second-order valence-electron chi connectivity index (χ2n) is 8.51. The minimum Gasteiger partial charge on any atom is -0.497 e. The molecule has 1 N–H and O–H groups in total. The van der Waals surface area contributed by atoms with E-state index in [4.69, 9.17) is 4.74 Å². The predicted octanol–water partition coefficient (Wildman–Crippen LogP) is 3.35. The quantitative estimate of drug-likeness (QED) is 0.268. The second-order valence-corrected chi connectivity index (χ2v) is 10.4. The van der Waals surface area contributed by atoms with Crippen molar-refractivity contribution in [2.75, 3.05) is 25.0 Å². The third-order valence-electron chi connectivity index (χ3n) is 6.10. The van der Waals surface area contributed by atoms with Gasteiger partial charge in [-0.2, -0.15) is 0 Å². The number of carbonyl (C=O) groups is 2. The van der Waals surface area contributed by atoms with E-state index in [2.05, 4.69) is 5.32 Å². The Bertz CT molecular complexity index is 1400. The maximum atomic E-state index is 13.8. The number of carbonyl (C=O) groups excluding carboxylic acids is 2. The smallest absolute Gasteiger partial charge is 0.269 e. The van der Waals surface area contributed by atoms with Crippen molar-refractivity contribution in [3.05, 3.63) is 94.5 Å². The van der Waals surface area contributed by atoms with Crippen LogP contribution in [-0.2, 0) is 26.2 Å². The molecule has 12 heteroatoms. The minimum absolute atomic E-state index is 0.0360. The lowest BCUT2D eigenvalue weighted by molar-refractivity contribution is -0.384. The molecular weight excluding hydrogens is 524 g/mol. The first-order valence-electron chi connectivity index (χ1n) is 12.1. The van der Waals surface area contributed by atoms with Crippen LogP contribution in [0.25, 0.3) is 0 Å². The highest BCUT2D eigenvalue weighted by Crippen LogP contribution is 2.27. The number of nitro groups is 1. The van der Waals surface area contributed by atoms with Crippen molar-refractivity contribution in [3.8, 4) is 5.75 Å². The van der Waals surface area contributed by atoms with E-state index < -0.39 is 39.3 Å². The van der Waals surface area contributed by atoms with E-state index in [1.165, 1.54) is 55.5 Å². The molecule has 0 radical (unpaired) electrons. The van der Waals surface area contributed by atoms with E-state index in [9.17, 15) is 28.1 Å². The van der Waals surface area contributed by atoms with Crippen LogP contribution in [0.3, 0.4) is 0 Å². The number of sulfonamides is 1. The Labute approximate surface area is 227 Å². The highest BCUT2D eigenvalue weighted by molar-refractivity contribution is 7.92. The molecule has 0 aliphatic rings. The predicted molar refractivity (Wildman–Crippen MR) is 146 cm³/mol. The fourth-order valence-corrected chi connectivity index (χ4v) is 5.44. The summed E-state index contributed by atoms with van der Waals surface area (Å²) >= 11 is 0. The zero-order chi connectivity index (χ0) is 28.6. The molecule has 1 atom stereocenters. The summed E-state index contributed by atoms with van der Waals surface area (Å²) in [5.41, 5.74) is 0.545. The van der Waals surface area contributed by atoms with Crippen molar-refractivity contribution < 1.29 is 27.7 Å². The molecular formula is C27H30N4O7S. The second kappa shape index (κ2) is 12.9. The van der Waals surface area contributed by atoms with Crippen LogP contribution in [0.4, 0.5) is 11.4 Å². The summed E-state index contributed by atoms with van der Waals surface area (Å²) in [6, 6.07) is 18.5. The summed E-state index contributed by atoms with van der Waals surface area (Å²) in [6.45, 7) is 1.15. The highest BCUT2D eigenvalue weighted by atomic mass is 32.2. The number of likely N-dealkylation sites (N-methyl/N-ethyl adjacent to an activating group) is 1. The first-order chi connectivity index (χ1) is 18.6. The number of non-ortho nitro benzene ring substituents is 1. The molecule has 0 aromatic heterocycles. The molecule has 0 heterocycles. The summed E-state index contributed by atoms with van der Waals surface area (Å²) in [6.07, 6.45) is 0.282. The summed E-state index contributed by atoms with van der Waals surface area (Å²) in [5, 5.41) is 13.7. The number of benzene rings is 3. The maximum Gasteiger partial charge on any atom is 0.269 e. The number of methoxy groups -OCH3 is 1. The van der Waals surface area contributed by atoms with Crippen LogP contribution < -0.4 is 14.4 Å². The number of nitrogens with one attached hydrogen (secondary N) is 1. The van der Waals surface area contributed by atoms with Crippen molar-refractivity contribution in [3.63, 3.8) is 0 Å². The first kappa shape index (κ1) is 29.1. The normalized spacial score (nSPS) is 11.8. The van der Waals surface area contributed by atoms with Crippen molar-refractivity contribution in [1.82, 2.24) is 10.2 Å². The van der Waals surface area contributed by atoms with Crippen LogP contribution in [0, 0.1) is 10.1 Å². The fraction of sp³-hybridized carbons (Fsp3) is 0.259. The number of hydrogen-bond donors (Lipinski definition) is 1. The lowest BCUT2D eigenvalue weighted by Crippen LogP contribution is -2.51. The molecule has 0 aliphatic carbocycles. The van der Waals surface area contributed by atoms with Gasteiger partial charge in [-0.1, -0.05) is 37.3 Å². The largest absolute Gasteiger partial charge is 0.497 e. The Balaban J connectivity index is 2.05. The Hall–Kier alpha value is -4.45. The molecule has 0 bridgehead atoms. The standard InChI is InChI=1S/C27H30N4O7S/c1-4-25(27(33)28-2)29(18-20-10-16-23(38-3)17-11-20)26(32)19-30(21-12-14-22(15-13-21)31(34)35)39(36,37)24-8-6-5-7-9-24/h5-17,25H,4,18-19H2,1-3H3,(H,28,33)/t25-/m0/s1. The lowest BCUT2D eigenvalue weighted by Gasteiger charge is -2.33. The van der Waals surface area contributed by atoms with Gasteiger partial charge in [0, 0.05) is 25.7 Å². The Morgan fingerprint density at radius 1 is 1.00 bits per heavy atom. The topological polar surface area (TPSA) is 139 Å². The molecule has 0 aliphatic heterocycles. The Kier molecular flexibility index (Phi) is 9.61. The zero-order valence-corrected chi connectivity index (χ0v) is 22.6. The van der Waals surface area contributed by atoms with Gasteiger partial charge in [-0.3, -0.25) is 24.0 Å². The molecule has 0 unspecified atom stereocenters. The Morgan fingerprint density at radius 2 is 1.62 bits per heavy atom. The monoisotopic (exact) mass is 554 g/mol. The third-order valence-corrected chi connectivity index (χ3v) is 7.89. The van der Waals surface area contributed by atoms with Crippen LogP contribution in [0.15, 0.2) is 83.8 Å². The first-order valence-corrected chi connectivity index (χ1v) is 13.5. The molecule has 3 aromatic carbocycles. The maximum absolute atomic E-state index is 13.8. The van der Waals surface area contributed by atoms with Crippen LogP contribution in [0.5, 0.6) is 5.75 Å². The van der Waals surface area contributed by atoms with E-state index in [1.54, 1.807) is 49.4 Å². The molecule has 2 amide bonds. The number of anilines is 1. The highest BCUT2D eigenvalue weighted by Gasteiger charge is 2.33. The molecule has 0 spiro atoms. The average molecular weight is 555 g/mol. The van der Waals surface area contributed by atoms with Crippen molar-refractivity contribution in [1.29, 1.82) is 0 Å². The van der Waals surface area contributed by atoms with Gasteiger partial charge in [-0.25, -0.2) is 8.42 Å². The van der Waals surface area contributed by atoms with Crippen molar-refractivity contribution >= 4 is 33.2 Å². The van der Waals surface area contributed by atoms with Gasteiger partial charge in [0.15, 0.2) is 0 Å². The summed E-state index contributed by atoms with van der Waals surface area (Å²) in [5.74, 6) is -0.403. The van der Waals surface area contributed by atoms with Crippen molar-refractivity contribution in [2.45, 2.75) is 30.8 Å². The van der Waals surface area contributed by atoms with Gasteiger partial charge < -0.3 is 15.0 Å². The lowest BCUT2D eigenvalue weighted by atomic mass is 10.1. The summed E-state index contributed by atoms with van der Waals surface area (Å²) in [4.78, 5) is 38.4. The van der Waals surface area contributed by atoms with Gasteiger partial charge in [-0.05, 0) is 48.4 Å². The van der Waals surface area contributed by atoms with Gasteiger partial charge in [0.1, 0.15) is 18.3 Å². The zero-order valence-electron chi connectivity index (χ0n) is 21.8. The number of amides is 2. The number of rotatable bonds is 12. The number of hydrogen-bond acceptors (Lipinski definition) is 7. The summed E-state index contributed by atoms with van der Waals surface area (Å²) in [7, 11) is -1.26. The van der Waals surface area contributed by atoms with E-state index in [0.29, 0.717) is 11.3 Å².